The largest absolute Gasteiger partial charge is 0.334 e. The molecule has 1 fully saturated rings. The third kappa shape index (κ3) is 1.89. The van der Waals surface area contributed by atoms with Crippen LogP contribution in [0.5, 0.6) is 0 Å². The zero-order valence-electron chi connectivity index (χ0n) is 11.0. The molecule has 1 saturated heterocycles. The van der Waals surface area contributed by atoms with Gasteiger partial charge in [-0.1, -0.05) is 11.2 Å². The molecule has 4 heterocycles. The number of nitrogens with one attached hydrogen (secondary N) is 1. The van der Waals surface area contributed by atoms with Gasteiger partial charge in [-0.25, -0.2) is 4.52 Å². The molecule has 6 heteroatoms. The Labute approximate surface area is 115 Å². The molecule has 0 saturated carbocycles. The number of aromatic nitrogens is 4. The lowest BCUT2D eigenvalue weighted by Gasteiger charge is -2.19. The van der Waals surface area contributed by atoms with Crippen molar-refractivity contribution in [2.75, 3.05) is 13.1 Å². The summed E-state index contributed by atoms with van der Waals surface area (Å²) in [6.07, 6.45) is 5.94. The highest BCUT2D eigenvalue weighted by Crippen LogP contribution is 2.26. The molecular weight excluding hydrogens is 254 g/mol. The molecule has 0 amide bonds. The summed E-state index contributed by atoms with van der Waals surface area (Å²) < 4.78 is 7.24. The molecule has 0 radical (unpaired) electrons. The van der Waals surface area contributed by atoms with Crippen LogP contribution in [0.3, 0.4) is 0 Å². The van der Waals surface area contributed by atoms with Crippen molar-refractivity contribution in [1.82, 2.24) is 25.1 Å². The van der Waals surface area contributed by atoms with E-state index in [9.17, 15) is 0 Å². The zero-order valence-corrected chi connectivity index (χ0v) is 11.0. The van der Waals surface area contributed by atoms with Crippen molar-refractivity contribution in [1.29, 1.82) is 0 Å². The van der Waals surface area contributed by atoms with Gasteiger partial charge in [0.25, 0.3) is 5.89 Å². The van der Waals surface area contributed by atoms with Crippen molar-refractivity contribution in [3.05, 3.63) is 36.4 Å². The zero-order chi connectivity index (χ0) is 13.4. The number of rotatable bonds is 2. The van der Waals surface area contributed by atoms with Crippen molar-refractivity contribution < 1.29 is 4.52 Å². The van der Waals surface area contributed by atoms with Gasteiger partial charge in [0.2, 0.25) is 0 Å². The molecule has 0 aromatic carbocycles. The lowest BCUT2D eigenvalue weighted by atomic mass is 9.99. The van der Waals surface area contributed by atoms with Crippen molar-refractivity contribution in [2.24, 2.45) is 0 Å². The first kappa shape index (κ1) is 11.6. The Bertz CT molecular complexity index is 726. The molecule has 3 aromatic heterocycles. The second-order valence-electron chi connectivity index (χ2n) is 5.09. The van der Waals surface area contributed by atoms with E-state index >= 15 is 0 Å². The maximum Gasteiger partial charge on any atom is 0.261 e. The maximum atomic E-state index is 5.43. The fraction of sp³-hybridized carbons (Fsp3) is 0.357. The van der Waals surface area contributed by atoms with Gasteiger partial charge in [-0.05, 0) is 31.5 Å². The van der Waals surface area contributed by atoms with Gasteiger partial charge < -0.3 is 9.84 Å². The van der Waals surface area contributed by atoms with E-state index in [4.69, 9.17) is 4.52 Å². The lowest BCUT2D eigenvalue weighted by molar-refractivity contribution is 0.393. The highest BCUT2D eigenvalue weighted by molar-refractivity contribution is 5.74. The Kier molecular flexibility index (Phi) is 2.74. The van der Waals surface area contributed by atoms with Crippen LogP contribution in [0.15, 0.2) is 35.1 Å². The van der Waals surface area contributed by atoms with Crippen LogP contribution in [0.25, 0.3) is 17.0 Å². The number of pyridine rings is 1. The molecule has 0 bridgehead atoms. The van der Waals surface area contributed by atoms with Crippen LogP contribution >= 0.6 is 0 Å². The first-order valence-corrected chi connectivity index (χ1v) is 6.89. The van der Waals surface area contributed by atoms with Crippen LogP contribution in [0.1, 0.15) is 24.6 Å². The Morgan fingerprint density at radius 2 is 2.35 bits per heavy atom. The van der Waals surface area contributed by atoms with Gasteiger partial charge in [-0.3, -0.25) is 0 Å². The van der Waals surface area contributed by atoms with Gasteiger partial charge in [0, 0.05) is 18.7 Å². The molecule has 0 aliphatic carbocycles. The standard InChI is InChI=1S/C14H15N5O/c1-2-7-19-12(5-1)11(9-16-19)14-17-13(18-20-14)10-4-3-6-15-8-10/h1-2,5,7,9-10,15H,3-4,6,8H2. The average Bonchev–Trinajstić information content (AvgIpc) is 3.14. The molecule has 1 atom stereocenters. The topological polar surface area (TPSA) is 68.2 Å². The van der Waals surface area contributed by atoms with E-state index in [1.807, 2.05) is 24.4 Å². The molecule has 20 heavy (non-hydrogen) atoms. The molecule has 0 spiro atoms. The third-order valence-electron chi connectivity index (χ3n) is 3.76. The van der Waals surface area contributed by atoms with Crippen molar-refractivity contribution in [3.8, 4) is 11.5 Å². The van der Waals surface area contributed by atoms with E-state index in [0.717, 1.165) is 42.8 Å². The quantitative estimate of drug-likeness (QED) is 0.769. The summed E-state index contributed by atoms with van der Waals surface area (Å²) in [5.74, 6) is 1.69. The maximum absolute atomic E-state index is 5.43. The highest BCUT2D eigenvalue weighted by atomic mass is 16.5. The fourth-order valence-corrected chi connectivity index (χ4v) is 2.68. The second kappa shape index (κ2) is 4.72. The number of fused-ring (bicyclic) bond motifs is 1. The van der Waals surface area contributed by atoms with Crippen LogP contribution in [-0.2, 0) is 0 Å². The second-order valence-corrected chi connectivity index (χ2v) is 5.09. The SMILES string of the molecule is c1ccn2ncc(-c3nc(C4CCCNC4)no3)c2c1. The van der Waals surface area contributed by atoms with Crippen molar-refractivity contribution in [2.45, 2.75) is 18.8 Å². The first-order valence-electron chi connectivity index (χ1n) is 6.89. The average molecular weight is 269 g/mol. The van der Waals surface area contributed by atoms with E-state index in [-0.39, 0.29) is 0 Å². The minimum atomic E-state index is 0.350. The van der Waals surface area contributed by atoms with Crippen LogP contribution in [-0.4, -0.2) is 32.8 Å². The van der Waals surface area contributed by atoms with Crippen LogP contribution in [0, 0.1) is 0 Å². The van der Waals surface area contributed by atoms with Gasteiger partial charge in [-0.15, -0.1) is 0 Å². The number of hydrogen-bond donors (Lipinski definition) is 1. The van der Waals surface area contributed by atoms with Gasteiger partial charge >= 0.3 is 0 Å². The Balaban J connectivity index is 1.70. The normalized spacial score (nSPS) is 19.5. The molecule has 3 aromatic rings. The molecular formula is C14H15N5O. The van der Waals surface area contributed by atoms with Gasteiger partial charge in [0.15, 0.2) is 5.82 Å². The highest BCUT2D eigenvalue weighted by Gasteiger charge is 2.22. The van der Waals surface area contributed by atoms with Crippen molar-refractivity contribution in [3.63, 3.8) is 0 Å². The van der Waals surface area contributed by atoms with Crippen LogP contribution in [0.2, 0.25) is 0 Å². The Morgan fingerprint density at radius 1 is 1.35 bits per heavy atom. The molecule has 4 rings (SSSR count). The summed E-state index contributed by atoms with van der Waals surface area (Å²) in [4.78, 5) is 4.56. The van der Waals surface area contributed by atoms with Gasteiger partial charge in [-0.2, -0.15) is 10.1 Å². The summed E-state index contributed by atoms with van der Waals surface area (Å²) in [6, 6.07) is 5.91. The van der Waals surface area contributed by atoms with E-state index in [1.165, 1.54) is 0 Å². The number of nitrogens with zero attached hydrogens (tertiary/aromatic N) is 4. The fourth-order valence-electron chi connectivity index (χ4n) is 2.68. The minimum Gasteiger partial charge on any atom is -0.334 e. The predicted molar refractivity (Wildman–Crippen MR) is 73.3 cm³/mol. The summed E-state index contributed by atoms with van der Waals surface area (Å²) in [5.41, 5.74) is 1.86. The minimum absolute atomic E-state index is 0.350. The van der Waals surface area contributed by atoms with E-state index in [2.05, 4.69) is 20.6 Å². The Morgan fingerprint density at radius 3 is 3.25 bits per heavy atom. The first-order chi connectivity index (χ1) is 9.92. The molecule has 1 unspecified atom stereocenters. The van der Waals surface area contributed by atoms with Crippen LogP contribution in [0.4, 0.5) is 0 Å². The summed E-state index contributed by atoms with van der Waals surface area (Å²) in [6.45, 7) is 2.00. The Hall–Kier alpha value is -2.21. The predicted octanol–water partition coefficient (Wildman–Crippen LogP) is 1.85. The van der Waals surface area contributed by atoms with Gasteiger partial charge in [0.1, 0.15) is 0 Å². The summed E-state index contributed by atoms with van der Waals surface area (Å²) in [7, 11) is 0. The monoisotopic (exact) mass is 269 g/mol. The van der Waals surface area contributed by atoms with E-state index in [0.29, 0.717) is 11.8 Å². The number of piperidine rings is 1. The van der Waals surface area contributed by atoms with E-state index < -0.39 is 0 Å². The third-order valence-corrected chi connectivity index (χ3v) is 3.76. The van der Waals surface area contributed by atoms with Crippen LogP contribution < -0.4 is 5.32 Å². The summed E-state index contributed by atoms with van der Waals surface area (Å²) in [5, 5.41) is 11.8. The summed E-state index contributed by atoms with van der Waals surface area (Å²) >= 11 is 0. The molecule has 6 nitrogen and oxygen atoms in total. The number of hydrogen-bond acceptors (Lipinski definition) is 5. The molecule has 1 aliphatic rings. The lowest BCUT2D eigenvalue weighted by Crippen LogP contribution is -2.28. The smallest absolute Gasteiger partial charge is 0.261 e. The van der Waals surface area contributed by atoms with Crippen molar-refractivity contribution >= 4 is 5.52 Å². The molecule has 1 N–H and O–H groups in total. The van der Waals surface area contributed by atoms with Gasteiger partial charge in [0.05, 0.1) is 17.3 Å². The van der Waals surface area contributed by atoms with E-state index in [1.54, 1.807) is 10.7 Å². The molecule has 102 valence electrons. The molecule has 1 aliphatic heterocycles.